The maximum absolute atomic E-state index is 13.4. The highest BCUT2D eigenvalue weighted by Gasteiger charge is 2.36. The Bertz CT molecular complexity index is 1570. The number of rotatable bonds is 9. The number of benzene rings is 3. The Labute approximate surface area is 255 Å². The summed E-state index contributed by atoms with van der Waals surface area (Å²) < 4.78 is 94.0. The standard InChI is InChI=1S/C30H28F7N5O.ClH/c1-40(19-27-39-25-6-3-4-7-26(25)42(27)18-20-8-10-24(31)11-9-20)12-5-13-41(2)28(43)38-17-21-14-22(29(32,33)34)16-23(15-21)30(35,36)37;/h3-12,14-16H,13,17-19H2,1-2H3,(H,38,43);1H. The third kappa shape index (κ3) is 8.88. The Balaban J connectivity index is 0.00000529. The zero-order valence-corrected chi connectivity index (χ0v) is 24.4. The molecule has 0 radical (unpaired) electrons. The van der Waals surface area contributed by atoms with Gasteiger partial charge in [-0.2, -0.15) is 26.3 Å². The molecule has 0 spiro atoms. The maximum Gasteiger partial charge on any atom is 0.416 e. The van der Waals surface area contributed by atoms with Crippen LogP contribution in [-0.2, 0) is 32.0 Å². The van der Waals surface area contributed by atoms with Gasteiger partial charge in [0.25, 0.3) is 0 Å². The van der Waals surface area contributed by atoms with E-state index in [0.29, 0.717) is 25.2 Å². The number of amides is 2. The van der Waals surface area contributed by atoms with E-state index in [1.165, 1.54) is 24.1 Å². The van der Waals surface area contributed by atoms with Gasteiger partial charge in [0, 0.05) is 33.7 Å². The van der Waals surface area contributed by atoms with Gasteiger partial charge in [-0.15, -0.1) is 12.4 Å². The van der Waals surface area contributed by atoms with E-state index in [9.17, 15) is 35.5 Å². The molecule has 0 fully saturated rings. The van der Waals surface area contributed by atoms with E-state index < -0.39 is 36.1 Å². The fraction of sp³-hybridized carbons (Fsp3) is 0.267. The summed E-state index contributed by atoms with van der Waals surface area (Å²) in [5, 5.41) is 2.35. The molecule has 0 saturated carbocycles. The topological polar surface area (TPSA) is 53.4 Å². The molecule has 4 rings (SSSR count). The molecule has 14 heteroatoms. The molecule has 1 aromatic heterocycles. The molecule has 6 nitrogen and oxygen atoms in total. The third-order valence-corrected chi connectivity index (χ3v) is 6.56. The third-order valence-electron chi connectivity index (χ3n) is 6.56. The number of hydrogen-bond acceptors (Lipinski definition) is 3. The summed E-state index contributed by atoms with van der Waals surface area (Å²) >= 11 is 0. The molecule has 0 aliphatic carbocycles. The van der Waals surface area contributed by atoms with Gasteiger partial charge in [0.05, 0.1) is 28.7 Å². The summed E-state index contributed by atoms with van der Waals surface area (Å²) in [6.07, 6.45) is -6.54. The quantitative estimate of drug-likeness (QED) is 0.193. The van der Waals surface area contributed by atoms with Crippen molar-refractivity contribution < 1.29 is 35.5 Å². The van der Waals surface area contributed by atoms with Crippen molar-refractivity contribution in [3.63, 3.8) is 0 Å². The van der Waals surface area contributed by atoms with Crippen molar-refractivity contribution in [2.75, 3.05) is 20.6 Å². The van der Waals surface area contributed by atoms with Crippen molar-refractivity contribution in [2.24, 2.45) is 0 Å². The second kappa shape index (κ2) is 14.0. The van der Waals surface area contributed by atoms with Crippen molar-refractivity contribution in [2.45, 2.75) is 32.0 Å². The van der Waals surface area contributed by atoms with Gasteiger partial charge in [-0.05, 0) is 65.9 Å². The number of nitrogens with one attached hydrogen (secondary N) is 1. The lowest BCUT2D eigenvalue weighted by molar-refractivity contribution is -0.143. The highest BCUT2D eigenvalue weighted by Crippen LogP contribution is 2.36. The average Bonchev–Trinajstić information content (AvgIpc) is 3.28. The summed E-state index contributed by atoms with van der Waals surface area (Å²) in [5.41, 5.74) is -0.608. The highest BCUT2D eigenvalue weighted by atomic mass is 35.5. The number of nitrogens with zero attached hydrogens (tertiary/aromatic N) is 4. The number of carbonyl (C=O) groups excluding carboxylic acids is 1. The van der Waals surface area contributed by atoms with Gasteiger partial charge in [0.1, 0.15) is 11.6 Å². The number of urea groups is 1. The minimum Gasteiger partial charge on any atom is -0.373 e. The van der Waals surface area contributed by atoms with E-state index >= 15 is 0 Å². The van der Waals surface area contributed by atoms with Crippen LogP contribution in [0.15, 0.2) is 79.0 Å². The molecule has 236 valence electrons. The molecule has 1 heterocycles. The summed E-state index contributed by atoms with van der Waals surface area (Å²) in [7, 11) is 3.25. The number of para-hydroxylation sites is 2. The van der Waals surface area contributed by atoms with Crippen LogP contribution >= 0.6 is 12.4 Å². The van der Waals surface area contributed by atoms with Crippen molar-refractivity contribution in [3.8, 4) is 0 Å². The summed E-state index contributed by atoms with van der Waals surface area (Å²) in [5.74, 6) is 0.428. The van der Waals surface area contributed by atoms with E-state index in [-0.39, 0.29) is 36.4 Å². The molecule has 3 aromatic carbocycles. The summed E-state index contributed by atoms with van der Waals surface area (Å²) in [4.78, 5) is 20.3. The highest BCUT2D eigenvalue weighted by molar-refractivity contribution is 5.85. The maximum atomic E-state index is 13.4. The first-order valence-corrected chi connectivity index (χ1v) is 13.0. The molecule has 1 N–H and O–H groups in total. The van der Waals surface area contributed by atoms with Gasteiger partial charge in [-0.1, -0.05) is 24.3 Å². The summed E-state index contributed by atoms with van der Waals surface area (Å²) in [6, 6.07) is 14.4. The number of carbonyl (C=O) groups is 1. The van der Waals surface area contributed by atoms with Crippen molar-refractivity contribution in [1.29, 1.82) is 0 Å². The minimum atomic E-state index is -4.97. The Hall–Kier alpha value is -4.26. The molecule has 2 amide bonds. The number of imidazole rings is 1. The first kappa shape index (κ1) is 34.2. The van der Waals surface area contributed by atoms with Crippen LogP contribution < -0.4 is 5.32 Å². The minimum absolute atomic E-state index is 0. The van der Waals surface area contributed by atoms with Crippen LogP contribution in [0.3, 0.4) is 0 Å². The fourth-order valence-electron chi connectivity index (χ4n) is 4.37. The zero-order valence-electron chi connectivity index (χ0n) is 23.6. The predicted octanol–water partition coefficient (Wildman–Crippen LogP) is 7.47. The van der Waals surface area contributed by atoms with Crippen LogP contribution in [0, 0.1) is 5.82 Å². The Morgan fingerprint density at radius 1 is 0.909 bits per heavy atom. The number of hydrogen-bond donors (Lipinski definition) is 1. The molecule has 4 aromatic rings. The van der Waals surface area contributed by atoms with Gasteiger partial charge in [0.2, 0.25) is 0 Å². The van der Waals surface area contributed by atoms with Gasteiger partial charge in [-0.25, -0.2) is 14.2 Å². The van der Waals surface area contributed by atoms with Crippen LogP contribution in [0.5, 0.6) is 0 Å². The fourth-order valence-corrected chi connectivity index (χ4v) is 4.37. The largest absolute Gasteiger partial charge is 0.416 e. The van der Waals surface area contributed by atoms with Gasteiger partial charge >= 0.3 is 18.4 Å². The van der Waals surface area contributed by atoms with Crippen LogP contribution in [0.4, 0.5) is 35.5 Å². The van der Waals surface area contributed by atoms with Crippen LogP contribution in [0.25, 0.3) is 11.0 Å². The van der Waals surface area contributed by atoms with Crippen LogP contribution in [0.1, 0.15) is 28.1 Å². The number of fused-ring (bicyclic) bond motifs is 1. The Kier molecular flexibility index (Phi) is 10.9. The molecule has 0 atom stereocenters. The summed E-state index contributed by atoms with van der Waals surface area (Å²) in [6.45, 7) is 0.467. The zero-order chi connectivity index (χ0) is 31.4. The Morgan fingerprint density at radius 3 is 2.14 bits per heavy atom. The van der Waals surface area contributed by atoms with Crippen molar-refractivity contribution >= 4 is 29.5 Å². The first-order valence-electron chi connectivity index (χ1n) is 13.0. The monoisotopic (exact) mass is 643 g/mol. The predicted molar refractivity (Wildman–Crippen MR) is 154 cm³/mol. The number of halogens is 8. The lowest BCUT2D eigenvalue weighted by atomic mass is 10.0. The molecular weight excluding hydrogens is 615 g/mol. The number of aromatic nitrogens is 2. The SMILES string of the molecule is CN(C=CCN(C)C(=O)NCc1cc(C(F)(F)F)cc(C(F)(F)F)c1)Cc1nc2ccccc2n1Cc1ccc(F)cc1.Cl. The Morgan fingerprint density at radius 2 is 1.52 bits per heavy atom. The van der Waals surface area contributed by atoms with E-state index in [0.717, 1.165) is 22.4 Å². The average molecular weight is 644 g/mol. The van der Waals surface area contributed by atoms with E-state index in [1.54, 1.807) is 24.4 Å². The van der Waals surface area contributed by atoms with Crippen LogP contribution in [0.2, 0.25) is 0 Å². The molecule has 0 saturated heterocycles. The number of likely N-dealkylation sites (N-methyl/N-ethyl adjacent to an activating group) is 1. The lowest BCUT2D eigenvalue weighted by Crippen LogP contribution is -2.37. The van der Waals surface area contributed by atoms with E-state index in [2.05, 4.69) is 5.32 Å². The van der Waals surface area contributed by atoms with E-state index in [1.807, 2.05) is 40.8 Å². The van der Waals surface area contributed by atoms with Crippen molar-refractivity contribution in [1.82, 2.24) is 24.7 Å². The molecule has 0 bridgehead atoms. The molecule has 0 aliphatic rings. The van der Waals surface area contributed by atoms with Crippen LogP contribution in [-0.4, -0.2) is 46.0 Å². The first-order chi connectivity index (χ1) is 20.2. The normalized spacial score (nSPS) is 11.9. The van der Waals surface area contributed by atoms with Gasteiger partial charge in [-0.3, -0.25) is 0 Å². The smallest absolute Gasteiger partial charge is 0.373 e. The molecule has 0 aliphatic heterocycles. The second-order valence-corrected chi connectivity index (χ2v) is 9.98. The van der Waals surface area contributed by atoms with Crippen molar-refractivity contribution in [3.05, 3.63) is 113 Å². The number of alkyl halides is 6. The molecule has 44 heavy (non-hydrogen) atoms. The molecular formula is C30H29ClF7N5O. The van der Waals surface area contributed by atoms with Gasteiger partial charge < -0.3 is 19.7 Å². The lowest BCUT2D eigenvalue weighted by Gasteiger charge is -2.19. The van der Waals surface area contributed by atoms with Gasteiger partial charge in [0.15, 0.2) is 0 Å². The second-order valence-electron chi connectivity index (χ2n) is 9.98. The van der Waals surface area contributed by atoms with E-state index in [4.69, 9.17) is 4.98 Å². The molecule has 0 unspecified atom stereocenters.